The fraction of sp³-hybridized carbons (Fsp3) is 0.360. The molecule has 2 aliphatic heterocycles. The van der Waals surface area contributed by atoms with E-state index in [-0.39, 0.29) is 11.3 Å². The molecule has 0 aliphatic carbocycles. The quantitative estimate of drug-likeness (QED) is 0.339. The molecule has 1 saturated heterocycles. The lowest BCUT2D eigenvalue weighted by Crippen LogP contribution is -2.38. The highest BCUT2D eigenvalue weighted by atomic mass is 35.5. The zero-order chi connectivity index (χ0) is 24.4. The van der Waals surface area contributed by atoms with Crippen molar-refractivity contribution in [3.05, 3.63) is 63.1 Å². The fourth-order valence-corrected chi connectivity index (χ4v) is 4.58. The Balaban J connectivity index is 1.80. The lowest BCUT2D eigenvalue weighted by Gasteiger charge is -2.28. The maximum absolute atomic E-state index is 13.2. The number of aliphatic hydroxyl groups is 1. The third kappa shape index (κ3) is 4.60. The molecule has 0 aromatic heterocycles. The van der Waals surface area contributed by atoms with E-state index in [4.69, 9.17) is 32.7 Å². The van der Waals surface area contributed by atoms with Crippen molar-refractivity contribution in [2.45, 2.75) is 19.9 Å². The normalized spacial score (nSPS) is 19.2. The summed E-state index contributed by atoms with van der Waals surface area (Å²) in [7, 11) is 0. The third-order valence-corrected chi connectivity index (χ3v) is 6.91. The average molecular weight is 505 g/mol. The molecule has 1 atom stereocenters. The van der Waals surface area contributed by atoms with Crippen LogP contribution in [0.15, 0.2) is 42.0 Å². The van der Waals surface area contributed by atoms with Gasteiger partial charge in [-0.25, -0.2) is 0 Å². The highest BCUT2D eigenvalue weighted by Gasteiger charge is 2.46. The SMILES string of the molecule is CCN(CC)CCN1C(=O)C(=O)C(=C(O)c2ccc3c(c2)OCCO3)C1c1ccc(Cl)c(Cl)c1. The van der Waals surface area contributed by atoms with Gasteiger partial charge in [0, 0.05) is 18.7 Å². The number of carbonyl (C=O) groups excluding carboxylic acids is 2. The van der Waals surface area contributed by atoms with Crippen LogP contribution in [0, 0.1) is 0 Å². The molecule has 2 aromatic rings. The Labute approximate surface area is 208 Å². The van der Waals surface area contributed by atoms with Gasteiger partial charge in [-0.1, -0.05) is 43.1 Å². The van der Waals surface area contributed by atoms with Crippen molar-refractivity contribution in [2.24, 2.45) is 0 Å². The van der Waals surface area contributed by atoms with Gasteiger partial charge in [-0.05, 0) is 49.0 Å². The number of likely N-dealkylation sites (tertiary alicyclic amines) is 1. The predicted molar refractivity (Wildman–Crippen MR) is 131 cm³/mol. The Morgan fingerprint density at radius 2 is 1.74 bits per heavy atom. The largest absolute Gasteiger partial charge is 0.507 e. The van der Waals surface area contributed by atoms with Crippen molar-refractivity contribution < 1.29 is 24.2 Å². The van der Waals surface area contributed by atoms with Crippen LogP contribution >= 0.6 is 23.2 Å². The maximum Gasteiger partial charge on any atom is 0.295 e. The van der Waals surface area contributed by atoms with Crippen molar-refractivity contribution >= 4 is 40.7 Å². The molecule has 1 fully saturated rings. The number of hydrogen-bond acceptors (Lipinski definition) is 6. The number of hydrogen-bond donors (Lipinski definition) is 1. The number of benzene rings is 2. The Morgan fingerprint density at radius 1 is 1.03 bits per heavy atom. The van der Waals surface area contributed by atoms with Gasteiger partial charge < -0.3 is 24.4 Å². The van der Waals surface area contributed by atoms with Gasteiger partial charge in [-0.15, -0.1) is 0 Å². The van der Waals surface area contributed by atoms with Crippen LogP contribution in [0.25, 0.3) is 5.76 Å². The van der Waals surface area contributed by atoms with Gasteiger partial charge in [0.25, 0.3) is 11.7 Å². The number of ketones is 1. The van der Waals surface area contributed by atoms with Crippen LogP contribution in [-0.4, -0.2) is 66.0 Å². The molecule has 0 spiro atoms. The molecule has 2 heterocycles. The number of fused-ring (bicyclic) bond motifs is 1. The van der Waals surface area contributed by atoms with E-state index in [1.165, 1.54) is 4.90 Å². The van der Waals surface area contributed by atoms with E-state index in [1.54, 1.807) is 36.4 Å². The number of Topliss-reactive ketones (excluding diaryl/α,β-unsaturated/α-hetero) is 1. The molecular weight excluding hydrogens is 479 g/mol. The minimum atomic E-state index is -0.807. The summed E-state index contributed by atoms with van der Waals surface area (Å²) in [6, 6.07) is 9.08. The van der Waals surface area contributed by atoms with E-state index in [2.05, 4.69) is 4.90 Å². The number of nitrogens with zero attached hydrogens (tertiary/aromatic N) is 2. The van der Waals surface area contributed by atoms with Crippen molar-refractivity contribution in [3.63, 3.8) is 0 Å². The van der Waals surface area contributed by atoms with Gasteiger partial charge in [-0.3, -0.25) is 9.59 Å². The zero-order valence-electron chi connectivity index (χ0n) is 19.0. The van der Waals surface area contributed by atoms with Crippen molar-refractivity contribution in [1.82, 2.24) is 9.80 Å². The van der Waals surface area contributed by atoms with Gasteiger partial charge in [0.05, 0.1) is 21.7 Å². The van der Waals surface area contributed by atoms with Crippen LogP contribution in [0.1, 0.15) is 31.0 Å². The number of carbonyl (C=O) groups is 2. The molecule has 1 unspecified atom stereocenters. The van der Waals surface area contributed by atoms with Crippen molar-refractivity contribution in [2.75, 3.05) is 39.4 Å². The van der Waals surface area contributed by atoms with Crippen LogP contribution in [-0.2, 0) is 9.59 Å². The Bertz CT molecular complexity index is 1150. The molecule has 2 aliphatic rings. The third-order valence-electron chi connectivity index (χ3n) is 6.17. The first kappa shape index (κ1) is 24.4. The van der Waals surface area contributed by atoms with Crippen LogP contribution in [0.4, 0.5) is 0 Å². The number of rotatable bonds is 7. The highest BCUT2D eigenvalue weighted by Crippen LogP contribution is 2.42. The standard InChI is InChI=1S/C25H26Cl2N2O5/c1-3-28(4-2)9-10-29-22(15-5-7-17(26)18(27)13-15)21(24(31)25(29)32)23(30)16-6-8-19-20(14-16)34-12-11-33-19/h5-8,13-14,22,30H,3-4,9-12H2,1-2H3. The molecule has 0 bridgehead atoms. The average Bonchev–Trinajstić information content (AvgIpc) is 3.10. The maximum atomic E-state index is 13.2. The van der Waals surface area contributed by atoms with Gasteiger partial charge in [0.1, 0.15) is 19.0 Å². The topological polar surface area (TPSA) is 79.3 Å². The van der Waals surface area contributed by atoms with Crippen LogP contribution < -0.4 is 9.47 Å². The zero-order valence-corrected chi connectivity index (χ0v) is 20.5. The van der Waals surface area contributed by atoms with Gasteiger partial charge in [0.2, 0.25) is 0 Å². The number of amides is 1. The first-order chi connectivity index (χ1) is 16.3. The molecule has 2 aromatic carbocycles. The monoisotopic (exact) mass is 504 g/mol. The van der Waals surface area contributed by atoms with E-state index in [9.17, 15) is 14.7 Å². The summed E-state index contributed by atoms with van der Waals surface area (Å²) < 4.78 is 11.2. The highest BCUT2D eigenvalue weighted by molar-refractivity contribution is 6.46. The minimum absolute atomic E-state index is 0.000358. The summed E-state index contributed by atoms with van der Waals surface area (Å²) in [5.41, 5.74) is 0.947. The molecule has 0 saturated carbocycles. The van der Waals surface area contributed by atoms with Gasteiger partial charge >= 0.3 is 0 Å². The van der Waals surface area contributed by atoms with E-state index in [1.807, 2.05) is 13.8 Å². The Morgan fingerprint density at radius 3 is 2.41 bits per heavy atom. The lowest BCUT2D eigenvalue weighted by atomic mass is 9.95. The molecule has 1 amide bonds. The summed E-state index contributed by atoms with van der Waals surface area (Å²) in [6.07, 6.45) is 0. The van der Waals surface area contributed by atoms with E-state index < -0.39 is 17.7 Å². The second-order valence-electron chi connectivity index (χ2n) is 8.05. The number of aliphatic hydroxyl groups excluding tert-OH is 1. The lowest BCUT2D eigenvalue weighted by molar-refractivity contribution is -0.140. The van der Waals surface area contributed by atoms with Gasteiger partial charge in [-0.2, -0.15) is 0 Å². The van der Waals surface area contributed by atoms with Crippen LogP contribution in [0.2, 0.25) is 10.0 Å². The minimum Gasteiger partial charge on any atom is -0.507 e. The molecule has 1 N–H and O–H groups in total. The smallest absolute Gasteiger partial charge is 0.295 e. The molecular formula is C25H26Cl2N2O5. The van der Waals surface area contributed by atoms with E-state index >= 15 is 0 Å². The Kier molecular flexibility index (Phi) is 7.36. The summed E-state index contributed by atoms with van der Waals surface area (Å²) in [4.78, 5) is 30.0. The molecule has 7 nitrogen and oxygen atoms in total. The van der Waals surface area contributed by atoms with Crippen molar-refractivity contribution in [3.8, 4) is 11.5 Å². The fourth-order valence-electron chi connectivity index (χ4n) is 4.27. The number of ether oxygens (including phenoxy) is 2. The summed E-state index contributed by atoms with van der Waals surface area (Å²) in [5.74, 6) is -0.664. The van der Waals surface area contributed by atoms with Crippen LogP contribution in [0.3, 0.4) is 0 Å². The van der Waals surface area contributed by atoms with Crippen molar-refractivity contribution in [1.29, 1.82) is 0 Å². The van der Waals surface area contributed by atoms with Crippen LogP contribution in [0.5, 0.6) is 11.5 Å². The molecule has 0 radical (unpaired) electrons. The molecule has 34 heavy (non-hydrogen) atoms. The molecule has 9 heteroatoms. The number of likely N-dealkylation sites (N-methyl/N-ethyl adjacent to an activating group) is 1. The first-order valence-electron chi connectivity index (χ1n) is 11.2. The summed E-state index contributed by atoms with van der Waals surface area (Å²) in [5, 5.41) is 11.9. The number of halogens is 2. The summed E-state index contributed by atoms with van der Waals surface area (Å²) >= 11 is 12.4. The van der Waals surface area contributed by atoms with Gasteiger partial charge in [0.15, 0.2) is 11.5 Å². The Hall–Kier alpha value is -2.74. The predicted octanol–water partition coefficient (Wildman–Crippen LogP) is 4.53. The molecule has 180 valence electrons. The first-order valence-corrected chi connectivity index (χ1v) is 12.0. The van der Waals surface area contributed by atoms with E-state index in [0.29, 0.717) is 59.0 Å². The van der Waals surface area contributed by atoms with E-state index in [0.717, 1.165) is 13.1 Å². The second-order valence-corrected chi connectivity index (χ2v) is 8.87. The summed E-state index contributed by atoms with van der Waals surface area (Å²) in [6.45, 7) is 7.43. The second kappa shape index (κ2) is 10.3. The molecule has 4 rings (SSSR count).